The molecule has 0 atom stereocenters. The van der Waals surface area contributed by atoms with Crippen molar-refractivity contribution in [1.82, 2.24) is 5.32 Å². The zero-order valence-electron chi connectivity index (χ0n) is 5.61. The van der Waals surface area contributed by atoms with Gasteiger partial charge in [-0.1, -0.05) is 22.5 Å². The number of hydrogen-bond donors (Lipinski definition) is 1. The molecule has 0 amide bonds. The van der Waals surface area contributed by atoms with Crippen molar-refractivity contribution in [1.29, 1.82) is 0 Å². The van der Waals surface area contributed by atoms with Gasteiger partial charge in [0.1, 0.15) is 0 Å². The summed E-state index contributed by atoms with van der Waals surface area (Å²) in [5.74, 6) is 1.17. The van der Waals surface area contributed by atoms with Gasteiger partial charge in [-0.25, -0.2) is 0 Å². The molecule has 0 spiro atoms. The molecule has 1 N–H and O–H groups in total. The highest BCUT2D eigenvalue weighted by Gasteiger charge is 1.85. The van der Waals surface area contributed by atoms with E-state index in [4.69, 9.17) is 0 Å². The van der Waals surface area contributed by atoms with Crippen LogP contribution in [0.2, 0.25) is 0 Å². The first-order valence-corrected chi connectivity index (χ1v) is 4.99. The molecular weight excluding hydrogens is 198 g/mol. The van der Waals surface area contributed by atoms with Crippen LogP contribution in [0, 0.1) is 0 Å². The molecule has 0 aliphatic rings. The van der Waals surface area contributed by atoms with Crippen molar-refractivity contribution in [2.75, 3.05) is 25.1 Å². The number of halogens is 1. The Bertz CT molecular complexity index is 85.1. The lowest BCUT2D eigenvalue weighted by molar-refractivity contribution is 0.803. The molecule has 0 aliphatic heterocycles. The van der Waals surface area contributed by atoms with Crippen molar-refractivity contribution in [3.8, 4) is 0 Å². The van der Waals surface area contributed by atoms with Gasteiger partial charge in [-0.05, 0) is 6.26 Å². The minimum atomic E-state index is 0.876. The summed E-state index contributed by atoms with van der Waals surface area (Å²) >= 11 is 5.11. The van der Waals surface area contributed by atoms with Gasteiger partial charge in [0, 0.05) is 23.3 Å². The zero-order chi connectivity index (χ0) is 7.11. The molecule has 9 heavy (non-hydrogen) atoms. The van der Waals surface area contributed by atoms with Crippen LogP contribution in [-0.4, -0.2) is 25.1 Å². The van der Waals surface area contributed by atoms with Crippen molar-refractivity contribution < 1.29 is 0 Å². The summed E-state index contributed by atoms with van der Waals surface area (Å²) in [6.45, 7) is 5.64. The monoisotopic (exact) mass is 209 g/mol. The van der Waals surface area contributed by atoms with Crippen molar-refractivity contribution in [3.05, 3.63) is 11.1 Å². The molecule has 0 aliphatic carbocycles. The fourth-order valence-corrected chi connectivity index (χ4v) is 0.945. The van der Waals surface area contributed by atoms with Gasteiger partial charge < -0.3 is 5.32 Å². The van der Waals surface area contributed by atoms with Gasteiger partial charge in [0.25, 0.3) is 0 Å². The number of thioether (sulfide) groups is 1. The van der Waals surface area contributed by atoms with Crippen LogP contribution in [0.25, 0.3) is 0 Å². The maximum atomic E-state index is 3.70. The normalized spacial score (nSPS) is 9.56. The SMILES string of the molecule is C=C(Br)CNCCSC. The van der Waals surface area contributed by atoms with E-state index in [1.807, 2.05) is 11.8 Å². The Hall–Kier alpha value is 0.530. The minimum Gasteiger partial charge on any atom is -0.311 e. The Labute approximate surface area is 69.4 Å². The summed E-state index contributed by atoms with van der Waals surface area (Å²) < 4.78 is 1.02. The molecule has 0 fully saturated rings. The van der Waals surface area contributed by atoms with Crippen LogP contribution in [0.3, 0.4) is 0 Å². The molecule has 0 rings (SSSR count). The van der Waals surface area contributed by atoms with Gasteiger partial charge in [0.15, 0.2) is 0 Å². The zero-order valence-corrected chi connectivity index (χ0v) is 8.02. The van der Waals surface area contributed by atoms with E-state index >= 15 is 0 Å². The van der Waals surface area contributed by atoms with Crippen LogP contribution in [0.15, 0.2) is 11.1 Å². The predicted molar refractivity (Wildman–Crippen MR) is 49.3 cm³/mol. The summed E-state index contributed by atoms with van der Waals surface area (Å²) in [4.78, 5) is 0. The average molecular weight is 210 g/mol. The molecule has 0 aromatic heterocycles. The first-order valence-electron chi connectivity index (χ1n) is 2.80. The fraction of sp³-hybridized carbons (Fsp3) is 0.667. The number of nitrogens with one attached hydrogen (secondary N) is 1. The fourth-order valence-electron chi connectivity index (χ4n) is 0.398. The standard InChI is InChI=1S/C6H12BrNS/c1-6(7)5-8-3-4-9-2/h8H,1,3-5H2,2H3. The van der Waals surface area contributed by atoms with Gasteiger partial charge in [0.05, 0.1) is 0 Å². The van der Waals surface area contributed by atoms with E-state index in [9.17, 15) is 0 Å². The van der Waals surface area contributed by atoms with E-state index in [1.165, 1.54) is 5.75 Å². The minimum absolute atomic E-state index is 0.876. The summed E-state index contributed by atoms with van der Waals surface area (Å²) in [5, 5.41) is 3.22. The van der Waals surface area contributed by atoms with Crippen molar-refractivity contribution in [3.63, 3.8) is 0 Å². The molecule has 0 saturated heterocycles. The summed E-state index contributed by atoms with van der Waals surface area (Å²) in [6.07, 6.45) is 2.10. The third-order valence-corrected chi connectivity index (χ3v) is 1.69. The second kappa shape index (κ2) is 6.65. The molecule has 3 heteroatoms. The van der Waals surface area contributed by atoms with Crippen molar-refractivity contribution in [2.45, 2.75) is 0 Å². The molecule has 0 unspecified atom stereocenters. The summed E-state index contributed by atoms with van der Waals surface area (Å²) in [5.41, 5.74) is 0. The lowest BCUT2D eigenvalue weighted by Gasteiger charge is -1.99. The Balaban J connectivity index is 2.83. The lowest BCUT2D eigenvalue weighted by Crippen LogP contribution is -2.17. The summed E-state index contributed by atoms with van der Waals surface area (Å²) in [6, 6.07) is 0. The van der Waals surface area contributed by atoms with Crippen molar-refractivity contribution >= 4 is 27.7 Å². The van der Waals surface area contributed by atoms with Gasteiger partial charge in [-0.2, -0.15) is 11.8 Å². The second-order valence-corrected chi connectivity index (χ2v) is 3.79. The van der Waals surface area contributed by atoms with E-state index in [1.54, 1.807) is 0 Å². The predicted octanol–water partition coefficient (Wildman–Crippen LogP) is 1.85. The molecular formula is C6H12BrNS. The quantitative estimate of drug-likeness (QED) is 0.695. The molecule has 0 bridgehead atoms. The van der Waals surface area contributed by atoms with E-state index in [0.717, 1.165) is 17.6 Å². The molecule has 0 heterocycles. The highest BCUT2D eigenvalue weighted by Crippen LogP contribution is 1.96. The maximum Gasteiger partial charge on any atom is 0.0266 e. The topological polar surface area (TPSA) is 12.0 Å². The molecule has 0 saturated carbocycles. The average Bonchev–Trinajstić information content (AvgIpc) is 1.80. The van der Waals surface area contributed by atoms with Gasteiger partial charge in [0.2, 0.25) is 0 Å². The van der Waals surface area contributed by atoms with E-state index in [-0.39, 0.29) is 0 Å². The van der Waals surface area contributed by atoms with E-state index in [2.05, 4.69) is 34.1 Å². The van der Waals surface area contributed by atoms with Gasteiger partial charge in [-0.3, -0.25) is 0 Å². The van der Waals surface area contributed by atoms with Crippen LogP contribution < -0.4 is 5.32 Å². The molecule has 0 aromatic carbocycles. The maximum absolute atomic E-state index is 3.70. The smallest absolute Gasteiger partial charge is 0.0266 e. The highest BCUT2D eigenvalue weighted by molar-refractivity contribution is 9.11. The highest BCUT2D eigenvalue weighted by atomic mass is 79.9. The van der Waals surface area contributed by atoms with Gasteiger partial charge >= 0.3 is 0 Å². The van der Waals surface area contributed by atoms with Crippen LogP contribution >= 0.6 is 27.7 Å². The van der Waals surface area contributed by atoms with Gasteiger partial charge in [-0.15, -0.1) is 0 Å². The largest absolute Gasteiger partial charge is 0.311 e. The molecule has 0 radical (unpaired) electrons. The molecule has 54 valence electrons. The third-order valence-electron chi connectivity index (χ3n) is 0.800. The van der Waals surface area contributed by atoms with Crippen molar-refractivity contribution in [2.24, 2.45) is 0 Å². The van der Waals surface area contributed by atoms with E-state index in [0.29, 0.717) is 0 Å². The lowest BCUT2D eigenvalue weighted by atomic mass is 10.6. The Morgan fingerprint density at radius 2 is 2.44 bits per heavy atom. The first-order chi connectivity index (χ1) is 4.27. The first kappa shape index (κ1) is 9.53. The molecule has 0 aromatic rings. The van der Waals surface area contributed by atoms with E-state index < -0.39 is 0 Å². The Kier molecular flexibility index (Phi) is 7.04. The van der Waals surface area contributed by atoms with Crippen LogP contribution in [0.1, 0.15) is 0 Å². The Morgan fingerprint density at radius 1 is 1.78 bits per heavy atom. The molecule has 1 nitrogen and oxygen atoms in total. The van der Waals surface area contributed by atoms with Crippen LogP contribution in [0.4, 0.5) is 0 Å². The summed E-state index contributed by atoms with van der Waals surface area (Å²) in [7, 11) is 0. The number of hydrogen-bond acceptors (Lipinski definition) is 2. The third kappa shape index (κ3) is 8.53. The Morgan fingerprint density at radius 3 is 2.89 bits per heavy atom. The van der Waals surface area contributed by atoms with Crippen LogP contribution in [0.5, 0.6) is 0 Å². The van der Waals surface area contributed by atoms with Crippen LogP contribution in [-0.2, 0) is 0 Å². The second-order valence-electron chi connectivity index (χ2n) is 1.69. The number of rotatable bonds is 5.